The van der Waals surface area contributed by atoms with Crippen molar-refractivity contribution >= 4 is 11.5 Å². The van der Waals surface area contributed by atoms with Gasteiger partial charge in [0.05, 0.1) is 0 Å². The van der Waals surface area contributed by atoms with E-state index in [0.29, 0.717) is 11.5 Å². The topological polar surface area (TPSA) is 46.3 Å². The number of halogens is 2. The third kappa shape index (κ3) is 4.66. The van der Waals surface area contributed by atoms with Gasteiger partial charge in [-0.25, -0.2) is 8.78 Å². The Labute approximate surface area is 147 Å². The third-order valence-electron chi connectivity index (χ3n) is 5.39. The van der Waals surface area contributed by atoms with Crippen LogP contribution in [0.4, 0.5) is 8.78 Å². The Balaban J connectivity index is 1.50. The second kappa shape index (κ2) is 8.09. The summed E-state index contributed by atoms with van der Waals surface area (Å²) >= 11 is 0. The van der Waals surface area contributed by atoms with Gasteiger partial charge in [0.2, 0.25) is 5.91 Å². The lowest BCUT2D eigenvalue weighted by atomic mass is 9.79. The quantitative estimate of drug-likeness (QED) is 0.885. The molecule has 1 aromatic carbocycles. The van der Waals surface area contributed by atoms with Crippen LogP contribution in [0.1, 0.15) is 37.7 Å². The largest absolute Gasteiger partial charge is 0.369 e. The predicted octanol–water partition coefficient (Wildman–Crippen LogP) is 3.55. The first-order valence-electron chi connectivity index (χ1n) is 9.02. The molecule has 1 amide bonds. The minimum absolute atomic E-state index is 0.0179. The van der Waals surface area contributed by atoms with Crippen LogP contribution in [0.3, 0.4) is 0 Å². The highest BCUT2D eigenvalue weighted by Crippen LogP contribution is 2.31. The highest BCUT2D eigenvalue weighted by molar-refractivity contribution is 5.76. The van der Waals surface area contributed by atoms with Crippen molar-refractivity contribution in [1.29, 1.82) is 0 Å². The maximum atomic E-state index is 13.9. The fourth-order valence-electron chi connectivity index (χ4n) is 3.86. The number of nitrogens with two attached hydrogens (primary N) is 1. The Bertz CT molecular complexity index is 659. The van der Waals surface area contributed by atoms with Gasteiger partial charge in [-0.15, -0.1) is 0 Å². The Morgan fingerprint density at radius 1 is 1.32 bits per heavy atom. The van der Waals surface area contributed by atoms with Crippen molar-refractivity contribution in [3.63, 3.8) is 0 Å². The minimum Gasteiger partial charge on any atom is -0.369 e. The molecule has 2 aliphatic rings. The summed E-state index contributed by atoms with van der Waals surface area (Å²) in [4.78, 5) is 13.7. The molecule has 1 aromatic rings. The molecule has 1 saturated carbocycles. The lowest BCUT2D eigenvalue weighted by Gasteiger charge is -2.31. The third-order valence-corrected chi connectivity index (χ3v) is 5.39. The molecule has 135 valence electrons. The Morgan fingerprint density at radius 2 is 2.16 bits per heavy atom. The van der Waals surface area contributed by atoms with Gasteiger partial charge in [0, 0.05) is 30.6 Å². The smallest absolute Gasteiger partial charge is 0.220 e. The zero-order valence-corrected chi connectivity index (χ0v) is 14.4. The Morgan fingerprint density at radius 3 is 2.84 bits per heavy atom. The summed E-state index contributed by atoms with van der Waals surface area (Å²) in [5, 5.41) is 0. The van der Waals surface area contributed by atoms with Gasteiger partial charge in [-0.3, -0.25) is 9.69 Å². The lowest BCUT2D eigenvalue weighted by Crippen LogP contribution is -2.33. The molecule has 0 spiro atoms. The monoisotopic (exact) mass is 347 g/mol. The number of primary amides is 1. The molecule has 1 radical (unpaired) electrons. The summed E-state index contributed by atoms with van der Waals surface area (Å²) in [5.74, 6) is -0.744. The van der Waals surface area contributed by atoms with E-state index in [0.717, 1.165) is 63.4 Å². The second-order valence-corrected chi connectivity index (χ2v) is 7.10. The molecule has 2 N–H and O–H groups in total. The van der Waals surface area contributed by atoms with Crippen LogP contribution < -0.4 is 5.73 Å². The van der Waals surface area contributed by atoms with E-state index in [1.807, 2.05) is 6.08 Å². The number of carbonyl (C=O) groups is 1. The predicted molar refractivity (Wildman–Crippen MR) is 94.3 cm³/mol. The van der Waals surface area contributed by atoms with E-state index < -0.39 is 11.6 Å². The standard InChI is InChI=1S/C20H25F2N2O/c21-17-4-5-18(19(22)13-17)15-7-10-24(11-8-15)9-6-14-2-1-3-16(12-14)20(23)25/h2,4-5,7,13-14,16H,1,3,6,8-12H2,(H2,23,25). The molecule has 1 aliphatic heterocycles. The van der Waals surface area contributed by atoms with Gasteiger partial charge < -0.3 is 5.73 Å². The molecule has 0 saturated heterocycles. The average molecular weight is 347 g/mol. The first-order chi connectivity index (χ1) is 12.0. The van der Waals surface area contributed by atoms with Gasteiger partial charge >= 0.3 is 0 Å². The summed E-state index contributed by atoms with van der Waals surface area (Å²) < 4.78 is 26.9. The van der Waals surface area contributed by atoms with E-state index in [9.17, 15) is 13.6 Å². The summed E-state index contributed by atoms with van der Waals surface area (Å²) in [6, 6.07) is 3.77. The maximum Gasteiger partial charge on any atom is 0.220 e. The molecular formula is C20H25F2N2O. The van der Waals surface area contributed by atoms with Gasteiger partial charge in [-0.05, 0) is 68.7 Å². The normalized spacial score (nSPS) is 24.8. The van der Waals surface area contributed by atoms with Crippen LogP contribution in [0.5, 0.6) is 0 Å². The Kier molecular flexibility index (Phi) is 5.84. The molecule has 1 aliphatic carbocycles. The van der Waals surface area contributed by atoms with E-state index in [1.165, 1.54) is 12.1 Å². The van der Waals surface area contributed by atoms with Crippen molar-refractivity contribution in [3.05, 3.63) is 47.9 Å². The van der Waals surface area contributed by atoms with Crippen LogP contribution in [-0.2, 0) is 4.79 Å². The highest BCUT2D eigenvalue weighted by atomic mass is 19.1. The molecule has 1 heterocycles. The molecule has 5 heteroatoms. The summed E-state index contributed by atoms with van der Waals surface area (Å²) in [6.07, 6.45) is 8.86. The van der Waals surface area contributed by atoms with Crippen molar-refractivity contribution < 1.29 is 13.6 Å². The Hall–Kier alpha value is -1.75. The zero-order valence-electron chi connectivity index (χ0n) is 14.4. The summed E-state index contributed by atoms with van der Waals surface area (Å²) in [7, 11) is 0. The van der Waals surface area contributed by atoms with E-state index in [4.69, 9.17) is 5.73 Å². The van der Waals surface area contributed by atoms with E-state index in [1.54, 1.807) is 0 Å². The number of nitrogens with zero attached hydrogens (tertiary/aromatic N) is 1. The van der Waals surface area contributed by atoms with Crippen LogP contribution in [-0.4, -0.2) is 30.4 Å². The van der Waals surface area contributed by atoms with Crippen molar-refractivity contribution in [3.8, 4) is 0 Å². The van der Waals surface area contributed by atoms with Crippen LogP contribution in [0.25, 0.3) is 5.57 Å². The number of hydrogen-bond donors (Lipinski definition) is 1. The molecule has 0 bridgehead atoms. The van der Waals surface area contributed by atoms with Gasteiger partial charge in [-0.2, -0.15) is 0 Å². The molecule has 25 heavy (non-hydrogen) atoms. The second-order valence-electron chi connectivity index (χ2n) is 7.10. The first-order valence-corrected chi connectivity index (χ1v) is 9.02. The number of rotatable bonds is 5. The van der Waals surface area contributed by atoms with Crippen molar-refractivity contribution in [2.45, 2.75) is 32.1 Å². The molecule has 3 nitrogen and oxygen atoms in total. The van der Waals surface area contributed by atoms with E-state index in [2.05, 4.69) is 11.3 Å². The molecule has 0 aromatic heterocycles. The van der Waals surface area contributed by atoms with Crippen LogP contribution >= 0.6 is 0 Å². The molecule has 2 unspecified atom stereocenters. The SMILES string of the molecule is NC(=O)C1CC[CH]C(CCN2CC=C(c3ccc(F)cc3F)CC2)C1. The van der Waals surface area contributed by atoms with Crippen molar-refractivity contribution in [2.24, 2.45) is 17.6 Å². The number of hydrogen-bond acceptors (Lipinski definition) is 2. The molecular weight excluding hydrogens is 322 g/mol. The van der Waals surface area contributed by atoms with Crippen LogP contribution in [0.2, 0.25) is 0 Å². The maximum absolute atomic E-state index is 13.9. The minimum atomic E-state index is -0.544. The lowest BCUT2D eigenvalue weighted by molar-refractivity contribution is -0.122. The van der Waals surface area contributed by atoms with Gasteiger partial charge in [0.15, 0.2) is 0 Å². The molecule has 1 fully saturated rings. The number of amides is 1. The van der Waals surface area contributed by atoms with Gasteiger partial charge in [0.25, 0.3) is 0 Å². The van der Waals surface area contributed by atoms with Crippen molar-refractivity contribution in [2.75, 3.05) is 19.6 Å². The van der Waals surface area contributed by atoms with Crippen molar-refractivity contribution in [1.82, 2.24) is 4.90 Å². The summed E-state index contributed by atoms with van der Waals surface area (Å²) in [6.45, 7) is 2.61. The van der Waals surface area contributed by atoms with E-state index in [-0.39, 0.29) is 11.8 Å². The number of benzene rings is 1. The highest BCUT2D eigenvalue weighted by Gasteiger charge is 2.26. The molecule has 2 atom stereocenters. The van der Waals surface area contributed by atoms with Gasteiger partial charge in [-0.1, -0.05) is 6.08 Å². The van der Waals surface area contributed by atoms with Gasteiger partial charge in [0.1, 0.15) is 11.6 Å². The molecule has 3 rings (SSSR count). The summed E-state index contributed by atoms with van der Waals surface area (Å²) in [5.41, 5.74) is 6.89. The number of carbonyl (C=O) groups excluding carboxylic acids is 1. The van der Waals surface area contributed by atoms with E-state index >= 15 is 0 Å². The average Bonchev–Trinajstić information content (AvgIpc) is 2.61. The van der Waals surface area contributed by atoms with Crippen LogP contribution in [0.15, 0.2) is 24.3 Å². The van der Waals surface area contributed by atoms with Crippen LogP contribution in [0, 0.1) is 29.9 Å². The first kappa shape index (κ1) is 18.1. The zero-order chi connectivity index (χ0) is 17.8. The fraction of sp³-hybridized carbons (Fsp3) is 0.500. The fourth-order valence-corrected chi connectivity index (χ4v) is 3.86.